The molecule has 6 rings (SSSR count). The minimum atomic E-state index is -0.870. The fourth-order valence-electron chi connectivity index (χ4n) is 4.62. The van der Waals surface area contributed by atoms with Gasteiger partial charge in [-0.15, -0.1) is 5.10 Å². The number of carbonyl (C=O) groups excluding carboxylic acids is 2. The number of tetrazole rings is 1. The molecule has 1 saturated heterocycles. The molecule has 176 valence electrons. The first kappa shape index (κ1) is 21.0. The number of rotatable bonds is 3. The number of hydrogen-bond donors (Lipinski definition) is 2. The van der Waals surface area contributed by atoms with Crippen LogP contribution in [0.2, 0.25) is 0 Å². The fourth-order valence-corrected chi connectivity index (χ4v) is 4.62. The molecular formula is C24H21N7O4. The van der Waals surface area contributed by atoms with E-state index in [1.165, 1.54) is 0 Å². The maximum atomic E-state index is 13.3. The van der Waals surface area contributed by atoms with Crippen LogP contribution in [0.4, 0.5) is 0 Å². The average Bonchev–Trinajstić information content (AvgIpc) is 3.43. The molecule has 11 nitrogen and oxygen atoms in total. The fraction of sp³-hybridized carbons (Fsp3) is 0.250. The van der Waals surface area contributed by atoms with E-state index < -0.39 is 5.72 Å². The Hall–Kier alpha value is -4.54. The largest absolute Gasteiger partial charge is 0.496 e. The number of H-pyrrole nitrogens is 1. The molecule has 2 aromatic heterocycles. The maximum Gasteiger partial charge on any atom is 0.272 e. The van der Waals surface area contributed by atoms with Crippen LogP contribution in [0.15, 0.2) is 48.5 Å². The van der Waals surface area contributed by atoms with Crippen LogP contribution < -0.4 is 14.8 Å². The minimum absolute atomic E-state index is 0.184. The van der Waals surface area contributed by atoms with Crippen LogP contribution in [0, 0.1) is 0 Å². The van der Waals surface area contributed by atoms with Gasteiger partial charge in [0, 0.05) is 42.9 Å². The third-order valence-electron chi connectivity index (χ3n) is 6.47. The summed E-state index contributed by atoms with van der Waals surface area (Å²) in [6.45, 7) is 0.820. The number of pyridine rings is 1. The number of likely N-dealkylation sites (tertiary alicyclic amines) is 1. The first-order valence-corrected chi connectivity index (χ1v) is 11.2. The molecule has 0 radical (unpaired) electrons. The molecule has 1 spiro atoms. The number of piperidine rings is 1. The molecule has 2 aromatic carbocycles. The number of nitrogens with zero attached hydrogens (tertiary/aromatic N) is 5. The molecule has 0 atom stereocenters. The highest BCUT2D eigenvalue weighted by Crippen LogP contribution is 2.36. The van der Waals surface area contributed by atoms with E-state index in [0.717, 1.165) is 5.39 Å². The molecule has 11 heteroatoms. The lowest BCUT2D eigenvalue weighted by atomic mass is 9.96. The van der Waals surface area contributed by atoms with Crippen LogP contribution in [0.5, 0.6) is 11.5 Å². The Morgan fingerprint density at radius 1 is 1.14 bits per heavy atom. The molecule has 2 aliphatic rings. The summed E-state index contributed by atoms with van der Waals surface area (Å²) in [4.78, 5) is 32.5. The molecule has 35 heavy (non-hydrogen) atoms. The molecular weight excluding hydrogens is 450 g/mol. The summed E-state index contributed by atoms with van der Waals surface area (Å²) in [7, 11) is 1.58. The van der Waals surface area contributed by atoms with Crippen molar-refractivity contribution in [2.24, 2.45) is 0 Å². The Balaban J connectivity index is 1.20. The number of carbonyl (C=O) groups is 2. The van der Waals surface area contributed by atoms with Crippen LogP contribution in [-0.4, -0.2) is 68.2 Å². The molecule has 1 fully saturated rings. The first-order chi connectivity index (χ1) is 17.0. The van der Waals surface area contributed by atoms with Crippen molar-refractivity contribution in [3.05, 3.63) is 59.8 Å². The van der Waals surface area contributed by atoms with E-state index in [0.29, 0.717) is 65.6 Å². The van der Waals surface area contributed by atoms with E-state index in [2.05, 4.69) is 30.9 Å². The average molecular weight is 471 g/mol. The number of nitrogens with one attached hydrogen (secondary N) is 2. The third-order valence-corrected chi connectivity index (χ3v) is 6.47. The zero-order valence-corrected chi connectivity index (χ0v) is 18.8. The van der Waals surface area contributed by atoms with Crippen LogP contribution in [0.1, 0.15) is 33.7 Å². The van der Waals surface area contributed by atoms with Gasteiger partial charge < -0.3 is 19.7 Å². The Kier molecular flexibility index (Phi) is 4.83. The van der Waals surface area contributed by atoms with E-state index in [-0.39, 0.29) is 11.8 Å². The van der Waals surface area contributed by atoms with Crippen LogP contribution >= 0.6 is 0 Å². The Bertz CT molecular complexity index is 1450. The van der Waals surface area contributed by atoms with Gasteiger partial charge in [-0.05, 0) is 40.8 Å². The van der Waals surface area contributed by atoms with Gasteiger partial charge in [0.15, 0.2) is 11.5 Å². The van der Waals surface area contributed by atoms with Crippen molar-refractivity contribution in [2.45, 2.75) is 18.6 Å². The Labute approximate surface area is 199 Å². The van der Waals surface area contributed by atoms with Gasteiger partial charge in [0.1, 0.15) is 17.2 Å². The van der Waals surface area contributed by atoms with Crippen molar-refractivity contribution in [2.75, 3.05) is 20.2 Å². The van der Waals surface area contributed by atoms with E-state index in [9.17, 15) is 9.59 Å². The maximum absolute atomic E-state index is 13.3. The van der Waals surface area contributed by atoms with Gasteiger partial charge >= 0.3 is 0 Å². The lowest BCUT2D eigenvalue weighted by Gasteiger charge is -2.44. The van der Waals surface area contributed by atoms with Gasteiger partial charge in [-0.1, -0.05) is 12.1 Å². The molecule has 2 amide bonds. The van der Waals surface area contributed by atoms with E-state index >= 15 is 0 Å². The quantitative estimate of drug-likeness (QED) is 0.464. The predicted molar refractivity (Wildman–Crippen MR) is 124 cm³/mol. The zero-order chi connectivity index (χ0) is 24.0. The molecule has 2 aliphatic heterocycles. The lowest BCUT2D eigenvalue weighted by Crippen LogP contribution is -2.61. The molecule has 0 aliphatic carbocycles. The highest BCUT2D eigenvalue weighted by atomic mass is 16.5. The molecule has 0 unspecified atom stereocenters. The Morgan fingerprint density at radius 3 is 2.74 bits per heavy atom. The zero-order valence-electron chi connectivity index (χ0n) is 18.8. The number of methoxy groups -OCH3 is 1. The second-order valence-electron chi connectivity index (χ2n) is 8.53. The molecule has 0 saturated carbocycles. The van der Waals surface area contributed by atoms with Crippen LogP contribution in [0.25, 0.3) is 22.3 Å². The molecule has 2 N–H and O–H groups in total. The van der Waals surface area contributed by atoms with Crippen molar-refractivity contribution in [3.63, 3.8) is 0 Å². The van der Waals surface area contributed by atoms with Gasteiger partial charge in [0.2, 0.25) is 0 Å². The van der Waals surface area contributed by atoms with E-state index in [4.69, 9.17) is 9.47 Å². The summed E-state index contributed by atoms with van der Waals surface area (Å²) >= 11 is 0. The van der Waals surface area contributed by atoms with Crippen LogP contribution in [0.3, 0.4) is 0 Å². The van der Waals surface area contributed by atoms with Crippen molar-refractivity contribution >= 4 is 22.7 Å². The molecule has 4 aromatic rings. The topological polar surface area (TPSA) is 135 Å². The number of benzene rings is 2. The number of ether oxygens (including phenoxy) is 2. The van der Waals surface area contributed by atoms with Crippen LogP contribution in [-0.2, 0) is 0 Å². The standard InChI is InChI=1S/C24H21N7O4/c1-34-20-13-18(25-17-5-3-2-4-15(17)20)23(33)31-10-8-24(9-11-31)26-22(32)16-12-14(6-7-19(16)35-24)21-27-29-30-28-21/h2-7,12-13H,8-11H2,1H3,(H,26,32)(H,27,28,29,30). The summed E-state index contributed by atoms with van der Waals surface area (Å²) in [6.07, 6.45) is 0.894. The summed E-state index contributed by atoms with van der Waals surface area (Å²) in [5.41, 5.74) is 1.25. The van der Waals surface area contributed by atoms with Crippen molar-refractivity contribution in [1.29, 1.82) is 0 Å². The molecule has 0 bridgehead atoms. The first-order valence-electron chi connectivity index (χ1n) is 11.2. The molecule has 4 heterocycles. The minimum Gasteiger partial charge on any atom is -0.496 e. The monoisotopic (exact) mass is 471 g/mol. The highest BCUT2D eigenvalue weighted by Gasteiger charge is 2.43. The van der Waals surface area contributed by atoms with E-state index in [1.54, 1.807) is 36.3 Å². The summed E-state index contributed by atoms with van der Waals surface area (Å²) in [5, 5.41) is 17.6. The van der Waals surface area contributed by atoms with Gasteiger partial charge in [-0.3, -0.25) is 9.59 Å². The van der Waals surface area contributed by atoms with Crippen molar-refractivity contribution < 1.29 is 19.1 Å². The van der Waals surface area contributed by atoms with E-state index in [1.807, 2.05) is 24.3 Å². The van der Waals surface area contributed by atoms with Gasteiger partial charge in [-0.2, -0.15) is 0 Å². The lowest BCUT2D eigenvalue weighted by molar-refractivity contribution is -0.0246. The third kappa shape index (κ3) is 3.61. The number of para-hydroxylation sites is 1. The smallest absolute Gasteiger partial charge is 0.272 e. The summed E-state index contributed by atoms with van der Waals surface area (Å²) in [6, 6.07) is 14.4. The summed E-state index contributed by atoms with van der Waals surface area (Å²) in [5.74, 6) is 1.14. The number of aromatic nitrogens is 5. The number of amides is 2. The second-order valence-corrected chi connectivity index (χ2v) is 8.53. The van der Waals surface area contributed by atoms with Gasteiger partial charge in [-0.25, -0.2) is 10.1 Å². The predicted octanol–water partition coefficient (Wildman–Crippen LogP) is 2.18. The van der Waals surface area contributed by atoms with Crippen molar-refractivity contribution in [1.82, 2.24) is 35.8 Å². The number of hydrogen-bond acceptors (Lipinski definition) is 8. The second kappa shape index (κ2) is 8.05. The normalized spacial score (nSPS) is 16.5. The number of fused-ring (bicyclic) bond motifs is 2. The SMILES string of the molecule is COc1cc(C(=O)N2CCC3(CC2)NC(=O)c2cc(-c4nnn[nH]4)ccc2O3)nc2ccccc12. The Morgan fingerprint density at radius 2 is 1.97 bits per heavy atom. The van der Waals surface area contributed by atoms with Crippen molar-refractivity contribution in [3.8, 4) is 22.9 Å². The highest BCUT2D eigenvalue weighted by molar-refractivity contribution is 6.00. The van der Waals surface area contributed by atoms with Gasteiger partial charge in [0.25, 0.3) is 11.8 Å². The summed E-state index contributed by atoms with van der Waals surface area (Å²) < 4.78 is 11.7. The van der Waals surface area contributed by atoms with Gasteiger partial charge in [0.05, 0.1) is 18.2 Å². The number of aromatic amines is 1.